The minimum Gasteiger partial charge on any atom is -0.378 e. The Balaban J connectivity index is 1.16. The lowest BCUT2D eigenvalue weighted by atomic mass is 9.86. The molecule has 38 heavy (non-hydrogen) atoms. The molecule has 0 aliphatic carbocycles. The van der Waals surface area contributed by atoms with Gasteiger partial charge in [-0.1, -0.05) is 54.6 Å². The molecule has 5 aromatic rings. The first-order valence-electron chi connectivity index (χ1n) is 13.2. The fourth-order valence-corrected chi connectivity index (χ4v) is 5.51. The highest BCUT2D eigenvalue weighted by molar-refractivity contribution is 5.86. The third-order valence-electron chi connectivity index (χ3n) is 7.61. The van der Waals surface area contributed by atoms with Crippen molar-refractivity contribution in [3.05, 3.63) is 90.9 Å². The number of benzene rings is 3. The number of hydrogen-bond donors (Lipinski definition) is 1. The zero-order chi connectivity index (χ0) is 26.1. The van der Waals surface area contributed by atoms with Gasteiger partial charge in [0, 0.05) is 50.8 Å². The van der Waals surface area contributed by atoms with Gasteiger partial charge < -0.3 is 15.1 Å². The SMILES string of the molecule is CN(C)c1ccc(-c2nc3cnccn3c2NCC(=O)N2CCC(c3cccc4ccccc34)CC2)cc1. The number of amides is 1. The van der Waals surface area contributed by atoms with Crippen LogP contribution in [0.15, 0.2) is 85.3 Å². The summed E-state index contributed by atoms with van der Waals surface area (Å²) in [5.41, 5.74) is 5.06. The van der Waals surface area contributed by atoms with Crippen LogP contribution in [0.25, 0.3) is 27.7 Å². The van der Waals surface area contributed by atoms with Crippen molar-refractivity contribution in [1.82, 2.24) is 19.3 Å². The summed E-state index contributed by atoms with van der Waals surface area (Å²) in [7, 11) is 4.05. The Kier molecular flexibility index (Phi) is 6.42. The molecule has 0 atom stereocenters. The molecule has 2 aromatic heterocycles. The molecular formula is C31H32N6O. The van der Waals surface area contributed by atoms with E-state index in [9.17, 15) is 4.79 Å². The first-order valence-corrected chi connectivity index (χ1v) is 13.2. The Hall–Kier alpha value is -4.39. The maximum Gasteiger partial charge on any atom is 0.241 e. The number of hydrogen-bond acceptors (Lipinski definition) is 5. The van der Waals surface area contributed by atoms with Gasteiger partial charge in [-0.2, -0.15) is 0 Å². The highest BCUT2D eigenvalue weighted by atomic mass is 16.2. The van der Waals surface area contributed by atoms with Crippen molar-refractivity contribution in [2.24, 2.45) is 0 Å². The van der Waals surface area contributed by atoms with Crippen LogP contribution in [-0.2, 0) is 4.79 Å². The quantitative estimate of drug-likeness (QED) is 0.334. The minimum atomic E-state index is 0.110. The molecule has 1 amide bonds. The van der Waals surface area contributed by atoms with Crippen molar-refractivity contribution < 1.29 is 4.79 Å². The number of rotatable bonds is 6. The van der Waals surface area contributed by atoms with Crippen molar-refractivity contribution in [1.29, 1.82) is 0 Å². The van der Waals surface area contributed by atoms with E-state index in [1.54, 1.807) is 12.4 Å². The van der Waals surface area contributed by atoms with Gasteiger partial charge in [-0.25, -0.2) is 4.98 Å². The molecule has 0 bridgehead atoms. The second-order valence-electron chi connectivity index (χ2n) is 10.1. The first-order chi connectivity index (χ1) is 18.6. The molecule has 1 N–H and O–H groups in total. The van der Waals surface area contributed by atoms with Crippen LogP contribution in [0.1, 0.15) is 24.3 Å². The molecule has 6 rings (SSSR count). The largest absolute Gasteiger partial charge is 0.378 e. The molecule has 3 heterocycles. The summed E-state index contributed by atoms with van der Waals surface area (Å²) in [5.74, 6) is 1.39. The van der Waals surface area contributed by atoms with Crippen LogP contribution in [-0.4, -0.2) is 58.9 Å². The van der Waals surface area contributed by atoms with Crippen LogP contribution in [0.2, 0.25) is 0 Å². The van der Waals surface area contributed by atoms with E-state index in [1.165, 1.54) is 16.3 Å². The molecule has 192 valence electrons. The van der Waals surface area contributed by atoms with E-state index in [-0.39, 0.29) is 12.5 Å². The number of anilines is 2. The van der Waals surface area contributed by atoms with Gasteiger partial charge in [0.05, 0.1) is 12.7 Å². The average Bonchev–Trinajstić information content (AvgIpc) is 3.34. The van der Waals surface area contributed by atoms with Crippen molar-refractivity contribution in [3.8, 4) is 11.3 Å². The maximum atomic E-state index is 13.3. The number of carbonyl (C=O) groups is 1. The standard InChI is InChI=1S/C31H32N6O/c1-35(2)25-12-10-24(11-13-25)30-31(37-19-16-32-20-28(37)34-30)33-21-29(38)36-17-14-23(15-18-36)27-9-5-7-22-6-3-4-8-26(22)27/h3-13,16,19-20,23,33H,14-15,17-18,21H2,1-2H3. The van der Waals surface area contributed by atoms with Gasteiger partial charge in [0.1, 0.15) is 11.5 Å². The van der Waals surface area contributed by atoms with Crippen molar-refractivity contribution >= 4 is 33.8 Å². The fourth-order valence-electron chi connectivity index (χ4n) is 5.51. The normalized spacial score (nSPS) is 14.2. The molecular weight excluding hydrogens is 472 g/mol. The molecule has 7 nitrogen and oxygen atoms in total. The maximum absolute atomic E-state index is 13.3. The van der Waals surface area contributed by atoms with E-state index < -0.39 is 0 Å². The molecule has 3 aromatic carbocycles. The number of imidazole rings is 1. The Morgan fingerprint density at radius 3 is 2.55 bits per heavy atom. The minimum absolute atomic E-state index is 0.110. The van der Waals surface area contributed by atoms with Crippen molar-refractivity contribution in [2.75, 3.05) is 43.9 Å². The average molecular weight is 505 g/mol. The predicted octanol–water partition coefficient (Wildman–Crippen LogP) is 5.43. The lowest BCUT2D eigenvalue weighted by molar-refractivity contribution is -0.130. The number of nitrogens with one attached hydrogen (secondary N) is 1. The molecule has 1 saturated heterocycles. The second kappa shape index (κ2) is 10.2. The highest BCUT2D eigenvalue weighted by Gasteiger charge is 2.25. The third kappa shape index (κ3) is 4.56. The van der Waals surface area contributed by atoms with Crippen molar-refractivity contribution in [3.63, 3.8) is 0 Å². The lowest BCUT2D eigenvalue weighted by Gasteiger charge is -2.33. The monoisotopic (exact) mass is 504 g/mol. The fraction of sp³-hybridized carbons (Fsp3) is 0.258. The summed E-state index contributed by atoms with van der Waals surface area (Å²) in [4.78, 5) is 26.4. The number of carbonyl (C=O) groups excluding carboxylic acids is 1. The smallest absolute Gasteiger partial charge is 0.241 e. The number of likely N-dealkylation sites (tertiary alicyclic amines) is 1. The summed E-state index contributed by atoms with van der Waals surface area (Å²) in [5, 5.41) is 6.02. The number of nitrogens with zero attached hydrogens (tertiary/aromatic N) is 5. The van der Waals surface area contributed by atoms with Gasteiger partial charge in [0.15, 0.2) is 5.65 Å². The zero-order valence-electron chi connectivity index (χ0n) is 21.8. The summed E-state index contributed by atoms with van der Waals surface area (Å²) < 4.78 is 1.96. The first kappa shape index (κ1) is 24.0. The Labute approximate surface area is 222 Å². The molecule has 1 aliphatic rings. The topological polar surface area (TPSA) is 65.8 Å². The number of piperidine rings is 1. The van der Waals surface area contributed by atoms with Crippen molar-refractivity contribution in [2.45, 2.75) is 18.8 Å². The molecule has 0 saturated carbocycles. The van der Waals surface area contributed by atoms with Crippen LogP contribution < -0.4 is 10.2 Å². The van der Waals surface area contributed by atoms with Gasteiger partial charge in [0.25, 0.3) is 0 Å². The summed E-state index contributed by atoms with van der Waals surface area (Å²) in [6, 6.07) is 23.4. The van der Waals surface area contributed by atoms with Gasteiger partial charge in [0.2, 0.25) is 5.91 Å². The van der Waals surface area contributed by atoms with Gasteiger partial charge in [-0.15, -0.1) is 0 Å². The van der Waals surface area contributed by atoms with E-state index in [0.29, 0.717) is 5.92 Å². The summed E-state index contributed by atoms with van der Waals surface area (Å²) in [6.45, 7) is 1.76. The Morgan fingerprint density at radius 2 is 1.76 bits per heavy atom. The van der Waals surface area contributed by atoms with Crippen LogP contribution in [0.3, 0.4) is 0 Å². The Bertz CT molecular complexity index is 1580. The van der Waals surface area contributed by atoms with Gasteiger partial charge in [-0.05, 0) is 47.2 Å². The molecule has 0 unspecified atom stereocenters. The van der Waals surface area contributed by atoms with E-state index >= 15 is 0 Å². The molecule has 7 heteroatoms. The van der Waals surface area contributed by atoms with Crippen LogP contribution >= 0.6 is 0 Å². The Morgan fingerprint density at radius 1 is 1.00 bits per heavy atom. The van der Waals surface area contributed by atoms with E-state index in [1.807, 2.05) is 29.6 Å². The molecule has 0 radical (unpaired) electrons. The van der Waals surface area contributed by atoms with Crippen LogP contribution in [0, 0.1) is 0 Å². The molecule has 1 aliphatic heterocycles. The van der Waals surface area contributed by atoms with E-state index in [4.69, 9.17) is 4.98 Å². The third-order valence-corrected chi connectivity index (χ3v) is 7.61. The molecule has 0 spiro atoms. The number of aromatic nitrogens is 3. The van der Waals surface area contributed by atoms with Crippen LogP contribution in [0.5, 0.6) is 0 Å². The summed E-state index contributed by atoms with van der Waals surface area (Å²) >= 11 is 0. The summed E-state index contributed by atoms with van der Waals surface area (Å²) in [6.07, 6.45) is 7.30. The second-order valence-corrected chi connectivity index (χ2v) is 10.1. The van der Waals surface area contributed by atoms with Crippen LogP contribution in [0.4, 0.5) is 11.5 Å². The lowest BCUT2D eigenvalue weighted by Crippen LogP contribution is -2.41. The van der Waals surface area contributed by atoms with E-state index in [0.717, 1.165) is 54.3 Å². The zero-order valence-corrected chi connectivity index (χ0v) is 21.8. The number of fused-ring (bicyclic) bond motifs is 2. The van der Waals surface area contributed by atoms with Gasteiger partial charge >= 0.3 is 0 Å². The highest BCUT2D eigenvalue weighted by Crippen LogP contribution is 2.33. The molecule has 1 fully saturated rings. The predicted molar refractivity (Wildman–Crippen MR) is 154 cm³/mol. The van der Waals surface area contributed by atoms with E-state index in [2.05, 4.69) is 81.9 Å². The van der Waals surface area contributed by atoms with Gasteiger partial charge in [-0.3, -0.25) is 14.2 Å².